The SMILES string of the molecule is c1cc(CN2[C@@H]3CNC[C@H]2C3c2ccc(-c3ccncc3)cc2)cc(-c2ccncc2)c1. The van der Waals surface area contributed by atoms with Crippen LogP contribution < -0.4 is 5.32 Å². The first-order valence-corrected chi connectivity index (χ1v) is 11.3. The molecule has 2 aliphatic heterocycles. The monoisotopic (exact) mass is 418 g/mol. The summed E-state index contributed by atoms with van der Waals surface area (Å²) in [6.45, 7) is 3.11. The fourth-order valence-corrected chi connectivity index (χ4v) is 5.41. The highest BCUT2D eigenvalue weighted by Gasteiger charge is 2.50. The molecule has 0 aliphatic carbocycles. The molecule has 0 amide bonds. The van der Waals surface area contributed by atoms with Gasteiger partial charge in [-0.1, -0.05) is 42.5 Å². The van der Waals surface area contributed by atoms with Gasteiger partial charge < -0.3 is 5.32 Å². The van der Waals surface area contributed by atoms with E-state index in [0.717, 1.165) is 19.6 Å². The number of rotatable bonds is 5. The van der Waals surface area contributed by atoms with Crippen LogP contribution in [0, 0.1) is 0 Å². The summed E-state index contributed by atoms with van der Waals surface area (Å²) in [5.41, 5.74) is 7.79. The lowest BCUT2D eigenvalue weighted by molar-refractivity contribution is -0.0483. The molecule has 2 bridgehead atoms. The standard InChI is InChI=1S/C28H26N4/c1-2-20(16-25(3-1)23-10-14-30-15-11-23)19-32-26-17-31-18-27(32)28(26)24-6-4-21(5-7-24)22-8-12-29-13-9-22/h1-16,26-28,31H,17-19H2/t26-,27+,28?. The third-order valence-electron chi connectivity index (χ3n) is 7.00. The van der Waals surface area contributed by atoms with Crippen LogP contribution in [0.15, 0.2) is 97.6 Å². The van der Waals surface area contributed by atoms with Gasteiger partial charge in [-0.15, -0.1) is 0 Å². The van der Waals surface area contributed by atoms with E-state index >= 15 is 0 Å². The predicted octanol–water partition coefficient (Wildman–Crippen LogP) is 4.75. The molecule has 1 unspecified atom stereocenters. The van der Waals surface area contributed by atoms with Crippen molar-refractivity contribution in [3.05, 3.63) is 109 Å². The maximum Gasteiger partial charge on any atom is 0.0312 e. The lowest BCUT2D eigenvalue weighted by atomic mass is 9.72. The minimum absolute atomic E-state index is 0.546. The van der Waals surface area contributed by atoms with E-state index in [2.05, 4.69) is 93.0 Å². The van der Waals surface area contributed by atoms with Crippen LogP contribution in [-0.4, -0.2) is 40.0 Å². The molecule has 32 heavy (non-hydrogen) atoms. The molecule has 3 atom stereocenters. The van der Waals surface area contributed by atoms with Gasteiger partial charge in [-0.25, -0.2) is 0 Å². The van der Waals surface area contributed by atoms with E-state index in [-0.39, 0.29) is 0 Å². The Morgan fingerprint density at radius 3 is 1.94 bits per heavy atom. The summed E-state index contributed by atoms with van der Waals surface area (Å²) in [6, 6.07) is 27.5. The van der Waals surface area contributed by atoms with Gasteiger partial charge in [0.15, 0.2) is 0 Å². The second kappa shape index (κ2) is 8.30. The Morgan fingerprint density at radius 1 is 0.688 bits per heavy atom. The fraction of sp³-hybridized carbons (Fsp3) is 0.214. The van der Waals surface area contributed by atoms with Crippen molar-refractivity contribution in [3.63, 3.8) is 0 Å². The summed E-state index contributed by atoms with van der Waals surface area (Å²) >= 11 is 0. The molecule has 0 saturated carbocycles. The molecule has 0 spiro atoms. The Morgan fingerprint density at radius 2 is 1.28 bits per heavy atom. The molecule has 2 aromatic heterocycles. The van der Waals surface area contributed by atoms with Gasteiger partial charge in [-0.2, -0.15) is 0 Å². The van der Waals surface area contributed by atoms with Gasteiger partial charge in [0, 0.05) is 62.4 Å². The summed E-state index contributed by atoms with van der Waals surface area (Å²) in [6.07, 6.45) is 7.43. The first kappa shape index (κ1) is 19.4. The van der Waals surface area contributed by atoms with E-state index in [1.807, 2.05) is 24.8 Å². The lowest BCUT2D eigenvalue weighted by Crippen LogP contribution is -2.72. The number of hydrogen-bond acceptors (Lipinski definition) is 4. The van der Waals surface area contributed by atoms with Crippen molar-refractivity contribution in [2.75, 3.05) is 13.1 Å². The summed E-state index contributed by atoms with van der Waals surface area (Å²) in [5, 5.41) is 3.62. The van der Waals surface area contributed by atoms with Crippen molar-refractivity contribution in [1.29, 1.82) is 0 Å². The van der Waals surface area contributed by atoms with Crippen LogP contribution in [-0.2, 0) is 6.54 Å². The van der Waals surface area contributed by atoms with Gasteiger partial charge in [-0.3, -0.25) is 14.9 Å². The maximum atomic E-state index is 4.14. The number of fused-ring (bicyclic) bond motifs is 2. The molecule has 2 fully saturated rings. The molecule has 4 heteroatoms. The highest BCUT2D eigenvalue weighted by atomic mass is 15.3. The summed E-state index contributed by atoms with van der Waals surface area (Å²) < 4.78 is 0. The minimum atomic E-state index is 0.546. The van der Waals surface area contributed by atoms with Crippen LogP contribution >= 0.6 is 0 Å². The summed E-state index contributed by atoms with van der Waals surface area (Å²) in [7, 11) is 0. The lowest BCUT2D eigenvalue weighted by Gasteiger charge is -2.59. The number of piperidine rings is 1. The molecule has 4 nitrogen and oxygen atoms in total. The van der Waals surface area contributed by atoms with E-state index < -0.39 is 0 Å². The van der Waals surface area contributed by atoms with Gasteiger partial charge >= 0.3 is 0 Å². The smallest absolute Gasteiger partial charge is 0.0312 e. The number of pyridine rings is 2. The maximum absolute atomic E-state index is 4.14. The van der Waals surface area contributed by atoms with Crippen molar-refractivity contribution in [1.82, 2.24) is 20.2 Å². The summed E-state index contributed by atoms with van der Waals surface area (Å²) in [5.74, 6) is 0.603. The zero-order chi connectivity index (χ0) is 21.3. The highest BCUT2D eigenvalue weighted by Crippen LogP contribution is 2.43. The molecule has 6 rings (SSSR count). The molecule has 2 aliphatic rings. The highest BCUT2D eigenvalue weighted by molar-refractivity contribution is 5.64. The average molecular weight is 419 g/mol. The Labute approximate surface area is 189 Å². The minimum Gasteiger partial charge on any atom is -0.314 e. The number of nitrogens with zero attached hydrogens (tertiary/aromatic N) is 3. The molecular weight excluding hydrogens is 392 g/mol. The Kier molecular flexibility index (Phi) is 5.02. The number of piperazine rings is 1. The van der Waals surface area contributed by atoms with Crippen LogP contribution in [0.25, 0.3) is 22.3 Å². The van der Waals surface area contributed by atoms with Crippen LogP contribution in [0.5, 0.6) is 0 Å². The molecule has 2 aromatic carbocycles. The number of nitrogens with one attached hydrogen (secondary N) is 1. The van der Waals surface area contributed by atoms with Crippen molar-refractivity contribution in [3.8, 4) is 22.3 Å². The van der Waals surface area contributed by atoms with Crippen molar-refractivity contribution >= 4 is 0 Å². The Hall–Kier alpha value is -3.34. The molecule has 4 heterocycles. The average Bonchev–Trinajstić information content (AvgIpc) is 2.89. The van der Waals surface area contributed by atoms with Gasteiger partial charge in [0.05, 0.1) is 0 Å². The molecule has 4 aromatic rings. The second-order valence-corrected chi connectivity index (χ2v) is 8.79. The van der Waals surface area contributed by atoms with E-state index in [1.54, 1.807) is 0 Å². The zero-order valence-electron chi connectivity index (χ0n) is 17.9. The Bertz CT molecular complexity index is 1180. The number of benzene rings is 2. The van der Waals surface area contributed by atoms with Crippen LogP contribution in [0.4, 0.5) is 0 Å². The first-order valence-electron chi connectivity index (χ1n) is 11.3. The number of hydrogen-bond donors (Lipinski definition) is 1. The van der Waals surface area contributed by atoms with Crippen molar-refractivity contribution < 1.29 is 0 Å². The van der Waals surface area contributed by atoms with E-state index in [1.165, 1.54) is 33.4 Å². The molecule has 158 valence electrons. The third kappa shape index (κ3) is 3.52. The molecular formula is C28H26N4. The van der Waals surface area contributed by atoms with Gasteiger partial charge in [0.25, 0.3) is 0 Å². The Balaban J connectivity index is 1.20. The number of aromatic nitrogens is 2. The van der Waals surface area contributed by atoms with Gasteiger partial charge in [-0.05, 0) is 63.7 Å². The van der Waals surface area contributed by atoms with Crippen LogP contribution in [0.2, 0.25) is 0 Å². The zero-order valence-corrected chi connectivity index (χ0v) is 17.9. The third-order valence-corrected chi connectivity index (χ3v) is 7.00. The van der Waals surface area contributed by atoms with Gasteiger partial charge in [0.1, 0.15) is 0 Å². The molecule has 1 N–H and O–H groups in total. The van der Waals surface area contributed by atoms with E-state index in [4.69, 9.17) is 0 Å². The predicted molar refractivity (Wildman–Crippen MR) is 128 cm³/mol. The largest absolute Gasteiger partial charge is 0.314 e. The van der Waals surface area contributed by atoms with E-state index in [0.29, 0.717) is 18.0 Å². The first-order chi connectivity index (χ1) is 15.9. The van der Waals surface area contributed by atoms with Crippen LogP contribution in [0.1, 0.15) is 17.0 Å². The van der Waals surface area contributed by atoms with Crippen LogP contribution in [0.3, 0.4) is 0 Å². The normalized spacial score (nSPS) is 22.3. The second-order valence-electron chi connectivity index (χ2n) is 8.79. The molecule has 0 radical (unpaired) electrons. The van der Waals surface area contributed by atoms with Crippen molar-refractivity contribution in [2.45, 2.75) is 24.5 Å². The molecule has 2 saturated heterocycles. The topological polar surface area (TPSA) is 41.0 Å². The fourth-order valence-electron chi connectivity index (χ4n) is 5.41. The van der Waals surface area contributed by atoms with Crippen molar-refractivity contribution in [2.24, 2.45) is 0 Å². The van der Waals surface area contributed by atoms with Gasteiger partial charge in [0.2, 0.25) is 0 Å². The quantitative estimate of drug-likeness (QED) is 0.508. The van der Waals surface area contributed by atoms with E-state index in [9.17, 15) is 0 Å². The summed E-state index contributed by atoms with van der Waals surface area (Å²) in [4.78, 5) is 11.0.